The molecule has 9 heteroatoms. The molecule has 0 unspecified atom stereocenters. The molecule has 0 radical (unpaired) electrons. The molecule has 0 saturated carbocycles. The number of carbonyl (C=O) groups excluding carboxylic acids is 1. The number of aromatic nitrogens is 6. The van der Waals surface area contributed by atoms with Crippen molar-refractivity contribution < 1.29 is 9.53 Å². The van der Waals surface area contributed by atoms with Crippen LogP contribution in [0.25, 0.3) is 22.5 Å². The first kappa shape index (κ1) is 25.8. The van der Waals surface area contributed by atoms with Gasteiger partial charge in [0.25, 0.3) is 0 Å². The van der Waals surface area contributed by atoms with Crippen molar-refractivity contribution in [2.24, 2.45) is 0 Å². The zero-order chi connectivity index (χ0) is 27.0. The van der Waals surface area contributed by atoms with Gasteiger partial charge in [0.1, 0.15) is 5.56 Å². The molecule has 0 atom stereocenters. The summed E-state index contributed by atoms with van der Waals surface area (Å²) in [6.07, 6.45) is 2.70. The van der Waals surface area contributed by atoms with Crippen LogP contribution >= 0.6 is 0 Å². The molecular formula is C30H31N7O2. The smallest absolute Gasteiger partial charge is 0.343 e. The maximum atomic E-state index is 12.9. The van der Waals surface area contributed by atoms with Gasteiger partial charge in [-0.1, -0.05) is 85.8 Å². The number of rotatable bonds is 11. The van der Waals surface area contributed by atoms with Gasteiger partial charge in [0.05, 0.1) is 13.2 Å². The molecule has 0 bridgehead atoms. The van der Waals surface area contributed by atoms with Gasteiger partial charge < -0.3 is 9.64 Å². The first-order valence-corrected chi connectivity index (χ1v) is 13.1. The van der Waals surface area contributed by atoms with E-state index in [4.69, 9.17) is 9.84 Å². The first-order chi connectivity index (χ1) is 19.2. The van der Waals surface area contributed by atoms with E-state index >= 15 is 0 Å². The highest BCUT2D eigenvalue weighted by Gasteiger charge is 2.23. The summed E-state index contributed by atoms with van der Waals surface area (Å²) in [7, 11) is 0. The Labute approximate surface area is 227 Å². The summed E-state index contributed by atoms with van der Waals surface area (Å²) >= 11 is 0. The van der Waals surface area contributed by atoms with Gasteiger partial charge in [0, 0.05) is 24.8 Å². The number of H-pyrrole nitrogens is 1. The molecule has 0 aliphatic carbocycles. The van der Waals surface area contributed by atoms with Gasteiger partial charge in [0.15, 0.2) is 5.82 Å². The molecule has 2 heterocycles. The normalized spacial score (nSPS) is 10.9. The van der Waals surface area contributed by atoms with Crippen molar-refractivity contribution in [1.82, 2.24) is 30.4 Å². The van der Waals surface area contributed by atoms with Crippen molar-refractivity contribution in [2.75, 3.05) is 18.1 Å². The monoisotopic (exact) mass is 521 g/mol. The Hall–Kier alpha value is -4.79. The topological polar surface area (TPSA) is 102 Å². The standard InChI is InChI=1S/C30H31N7O2/c1-3-18-36(29-27(30(38)39-4-2)21-37(33-29)20-22-10-6-5-7-11-22)19-23-14-16-24(17-15-23)25-12-8-9-13-26(25)28-31-34-35-32-28/h5-17,21H,3-4,18-20H2,1-2H3,(H,31,32,34,35). The van der Waals surface area contributed by atoms with E-state index < -0.39 is 0 Å². The maximum Gasteiger partial charge on any atom is 0.343 e. The highest BCUT2D eigenvalue weighted by Crippen LogP contribution is 2.30. The minimum absolute atomic E-state index is 0.308. The number of ether oxygens (including phenoxy) is 1. The van der Waals surface area contributed by atoms with Crippen LogP contribution < -0.4 is 4.90 Å². The maximum absolute atomic E-state index is 12.9. The highest BCUT2D eigenvalue weighted by molar-refractivity contribution is 5.94. The molecule has 9 nitrogen and oxygen atoms in total. The van der Waals surface area contributed by atoms with E-state index in [1.807, 2.05) is 60.1 Å². The largest absolute Gasteiger partial charge is 0.462 e. The molecular weight excluding hydrogens is 490 g/mol. The van der Waals surface area contributed by atoms with E-state index in [0.29, 0.717) is 36.9 Å². The fourth-order valence-electron chi connectivity index (χ4n) is 4.59. The van der Waals surface area contributed by atoms with Crippen LogP contribution in [0, 0.1) is 0 Å². The minimum atomic E-state index is -0.360. The summed E-state index contributed by atoms with van der Waals surface area (Å²) in [5.41, 5.74) is 5.69. The number of esters is 1. The molecule has 2 aromatic heterocycles. The average Bonchev–Trinajstić information content (AvgIpc) is 3.65. The van der Waals surface area contributed by atoms with E-state index in [-0.39, 0.29) is 5.97 Å². The van der Waals surface area contributed by atoms with Crippen LogP contribution in [-0.2, 0) is 17.8 Å². The van der Waals surface area contributed by atoms with Crippen molar-refractivity contribution in [1.29, 1.82) is 0 Å². The van der Waals surface area contributed by atoms with Crippen LogP contribution in [0.3, 0.4) is 0 Å². The lowest BCUT2D eigenvalue weighted by Gasteiger charge is -2.23. The predicted molar refractivity (Wildman–Crippen MR) is 150 cm³/mol. The van der Waals surface area contributed by atoms with Gasteiger partial charge in [-0.15, -0.1) is 10.2 Å². The molecule has 3 aromatic carbocycles. The molecule has 5 rings (SSSR count). The van der Waals surface area contributed by atoms with E-state index in [1.54, 1.807) is 6.20 Å². The summed E-state index contributed by atoms with van der Waals surface area (Å²) in [4.78, 5) is 15.1. The van der Waals surface area contributed by atoms with Crippen molar-refractivity contribution in [3.63, 3.8) is 0 Å². The summed E-state index contributed by atoms with van der Waals surface area (Å²) < 4.78 is 7.20. The van der Waals surface area contributed by atoms with Gasteiger partial charge >= 0.3 is 5.97 Å². The van der Waals surface area contributed by atoms with Crippen molar-refractivity contribution >= 4 is 11.8 Å². The average molecular weight is 522 g/mol. The van der Waals surface area contributed by atoms with E-state index in [2.05, 4.69) is 62.8 Å². The number of aromatic amines is 1. The lowest BCUT2D eigenvalue weighted by molar-refractivity contribution is 0.0527. The van der Waals surface area contributed by atoms with Gasteiger partial charge in [0.2, 0.25) is 5.82 Å². The number of hydrogen-bond acceptors (Lipinski definition) is 7. The van der Waals surface area contributed by atoms with Crippen LogP contribution in [0.15, 0.2) is 85.1 Å². The number of nitrogens with zero attached hydrogens (tertiary/aromatic N) is 6. The van der Waals surface area contributed by atoms with E-state index in [0.717, 1.165) is 40.8 Å². The minimum Gasteiger partial charge on any atom is -0.462 e. The van der Waals surface area contributed by atoms with Gasteiger partial charge in [-0.25, -0.2) is 4.79 Å². The number of nitrogens with one attached hydrogen (secondary N) is 1. The molecule has 0 saturated heterocycles. The second kappa shape index (κ2) is 12.2. The van der Waals surface area contributed by atoms with Crippen LogP contribution in [0.4, 0.5) is 5.82 Å². The fourth-order valence-corrected chi connectivity index (χ4v) is 4.59. The molecule has 39 heavy (non-hydrogen) atoms. The summed E-state index contributed by atoms with van der Waals surface area (Å²) in [5.74, 6) is 0.834. The Balaban J connectivity index is 1.42. The van der Waals surface area contributed by atoms with Crippen LogP contribution in [0.1, 0.15) is 41.8 Å². The number of tetrazole rings is 1. The second-order valence-electron chi connectivity index (χ2n) is 9.17. The third-order valence-corrected chi connectivity index (χ3v) is 6.37. The Bertz CT molecular complexity index is 1500. The van der Waals surface area contributed by atoms with Gasteiger partial charge in [-0.05, 0) is 40.8 Å². The lowest BCUT2D eigenvalue weighted by Crippen LogP contribution is -2.26. The number of hydrogen-bond donors (Lipinski definition) is 1. The van der Waals surface area contributed by atoms with Crippen LogP contribution in [0.2, 0.25) is 0 Å². The van der Waals surface area contributed by atoms with Gasteiger partial charge in [-0.2, -0.15) is 10.3 Å². The molecule has 0 spiro atoms. The second-order valence-corrected chi connectivity index (χ2v) is 9.17. The summed E-state index contributed by atoms with van der Waals surface area (Å²) in [6, 6.07) is 26.5. The Morgan fingerprint density at radius 3 is 2.36 bits per heavy atom. The Morgan fingerprint density at radius 1 is 0.923 bits per heavy atom. The van der Waals surface area contributed by atoms with Crippen molar-refractivity contribution in [2.45, 2.75) is 33.4 Å². The Kier molecular flexibility index (Phi) is 8.06. The first-order valence-electron chi connectivity index (χ1n) is 13.1. The predicted octanol–water partition coefficient (Wildman–Crippen LogP) is 5.37. The van der Waals surface area contributed by atoms with E-state index in [9.17, 15) is 4.79 Å². The highest BCUT2D eigenvalue weighted by atomic mass is 16.5. The SMILES string of the molecule is CCCN(Cc1ccc(-c2ccccc2-c2nn[nH]n2)cc1)c1nn(Cc2ccccc2)cc1C(=O)OCC. The van der Waals surface area contributed by atoms with E-state index in [1.165, 1.54) is 0 Å². The van der Waals surface area contributed by atoms with Crippen LogP contribution in [0.5, 0.6) is 0 Å². The van der Waals surface area contributed by atoms with Crippen molar-refractivity contribution in [3.05, 3.63) is 102 Å². The lowest BCUT2D eigenvalue weighted by atomic mass is 9.98. The molecule has 0 aliphatic heterocycles. The Morgan fingerprint density at radius 2 is 1.67 bits per heavy atom. The summed E-state index contributed by atoms with van der Waals surface area (Å²) in [6.45, 7) is 6.17. The van der Waals surface area contributed by atoms with Gasteiger partial charge in [-0.3, -0.25) is 4.68 Å². The molecule has 5 aromatic rings. The number of carbonyl (C=O) groups is 1. The number of anilines is 1. The van der Waals surface area contributed by atoms with Crippen LogP contribution in [-0.4, -0.2) is 49.5 Å². The summed E-state index contributed by atoms with van der Waals surface area (Å²) in [5, 5.41) is 19.4. The molecule has 0 amide bonds. The van der Waals surface area contributed by atoms with Crippen molar-refractivity contribution in [3.8, 4) is 22.5 Å². The zero-order valence-corrected chi connectivity index (χ0v) is 22.1. The molecule has 0 aliphatic rings. The fraction of sp³-hybridized carbons (Fsp3) is 0.233. The molecule has 198 valence electrons. The number of benzene rings is 3. The quantitative estimate of drug-likeness (QED) is 0.233. The molecule has 1 N–H and O–H groups in total. The third-order valence-electron chi connectivity index (χ3n) is 6.37. The zero-order valence-electron chi connectivity index (χ0n) is 22.1. The third kappa shape index (κ3) is 6.04. The molecule has 0 fully saturated rings.